The molecule has 4 aromatic rings. The Morgan fingerprint density at radius 1 is 1.05 bits per heavy atom. The van der Waals surface area contributed by atoms with Crippen LogP contribution < -0.4 is 10.1 Å². The zero-order chi connectivity index (χ0) is 26.2. The molecule has 2 heterocycles. The van der Waals surface area contributed by atoms with Gasteiger partial charge in [-0.2, -0.15) is 0 Å². The van der Waals surface area contributed by atoms with Gasteiger partial charge in [0.05, 0.1) is 12.4 Å². The summed E-state index contributed by atoms with van der Waals surface area (Å²) in [6.07, 6.45) is 0.975. The predicted octanol–water partition coefficient (Wildman–Crippen LogP) is 5.59. The molecule has 0 unspecified atom stereocenters. The van der Waals surface area contributed by atoms with E-state index in [2.05, 4.69) is 22.4 Å². The van der Waals surface area contributed by atoms with Gasteiger partial charge in [0, 0.05) is 18.0 Å². The molecule has 1 amide bonds. The number of aryl methyl sites for hydroxylation is 1. The molecule has 2 aromatic heterocycles. The van der Waals surface area contributed by atoms with Crippen LogP contribution in [0.15, 0.2) is 65.1 Å². The van der Waals surface area contributed by atoms with Crippen molar-refractivity contribution in [2.24, 2.45) is 7.05 Å². The molecule has 0 fully saturated rings. The minimum Gasteiger partial charge on any atom is -0.486 e. The fourth-order valence-electron chi connectivity index (χ4n) is 3.54. The molecule has 0 aliphatic heterocycles. The van der Waals surface area contributed by atoms with E-state index in [4.69, 9.17) is 9.47 Å². The lowest BCUT2D eigenvalue weighted by molar-refractivity contribution is -0.113. The predicted molar refractivity (Wildman–Crippen MR) is 146 cm³/mol. The topological polar surface area (TPSA) is 95.3 Å². The fraction of sp³-hybridized carbons (Fsp3) is 0.259. The standard InChI is InChI=1S/C27H28N4O4S2/c1-4-18-11-13-20(14-12-18)35-15-22-29-30-27(31(22)3)37-17-23(32)28-25-24(26(33)34-5-2)21(16-36-25)19-9-7-6-8-10-19/h6-14,16H,4-5,15,17H2,1-3H3,(H,28,32). The van der Waals surface area contributed by atoms with E-state index < -0.39 is 5.97 Å². The average molecular weight is 537 g/mol. The normalized spacial score (nSPS) is 10.8. The van der Waals surface area contributed by atoms with Crippen molar-refractivity contribution in [2.75, 3.05) is 17.7 Å². The molecule has 192 valence electrons. The highest BCUT2D eigenvalue weighted by atomic mass is 32.2. The van der Waals surface area contributed by atoms with Crippen LogP contribution >= 0.6 is 23.1 Å². The highest BCUT2D eigenvalue weighted by Gasteiger charge is 2.23. The maximum atomic E-state index is 12.8. The number of hydrogen-bond acceptors (Lipinski definition) is 8. The Bertz CT molecular complexity index is 1350. The van der Waals surface area contributed by atoms with Gasteiger partial charge in [-0.25, -0.2) is 4.79 Å². The molecule has 0 radical (unpaired) electrons. The van der Waals surface area contributed by atoms with E-state index >= 15 is 0 Å². The van der Waals surface area contributed by atoms with Crippen LogP contribution in [0.1, 0.15) is 35.6 Å². The Morgan fingerprint density at radius 3 is 2.51 bits per heavy atom. The molecule has 0 aliphatic rings. The van der Waals surface area contributed by atoms with Crippen LogP contribution in [-0.4, -0.2) is 39.0 Å². The van der Waals surface area contributed by atoms with E-state index in [1.165, 1.54) is 28.7 Å². The SMILES string of the molecule is CCOC(=O)c1c(-c2ccccc2)csc1NC(=O)CSc1nnc(COc2ccc(CC)cc2)n1C. The first-order chi connectivity index (χ1) is 18.0. The molecular formula is C27H28N4O4S2. The van der Waals surface area contributed by atoms with Crippen LogP contribution in [0, 0.1) is 0 Å². The van der Waals surface area contributed by atoms with Crippen molar-refractivity contribution in [1.29, 1.82) is 0 Å². The number of carbonyl (C=O) groups is 2. The Balaban J connectivity index is 1.38. The summed E-state index contributed by atoms with van der Waals surface area (Å²) in [6, 6.07) is 17.5. The molecule has 0 aliphatic carbocycles. The second-order valence-electron chi connectivity index (χ2n) is 8.02. The quantitative estimate of drug-likeness (QED) is 0.197. The van der Waals surface area contributed by atoms with Crippen molar-refractivity contribution in [3.8, 4) is 16.9 Å². The van der Waals surface area contributed by atoms with Crippen molar-refractivity contribution >= 4 is 40.0 Å². The van der Waals surface area contributed by atoms with Gasteiger partial charge in [-0.05, 0) is 36.6 Å². The zero-order valence-corrected chi connectivity index (χ0v) is 22.5. The number of thiophene rings is 1. The third-order valence-corrected chi connectivity index (χ3v) is 7.48. The highest BCUT2D eigenvalue weighted by molar-refractivity contribution is 7.99. The second kappa shape index (κ2) is 12.6. The molecule has 0 saturated carbocycles. The van der Waals surface area contributed by atoms with Crippen molar-refractivity contribution < 1.29 is 19.1 Å². The van der Waals surface area contributed by atoms with Crippen molar-refractivity contribution in [2.45, 2.75) is 32.0 Å². The van der Waals surface area contributed by atoms with Crippen LogP contribution in [0.2, 0.25) is 0 Å². The van der Waals surface area contributed by atoms with E-state index in [1.807, 2.05) is 67.0 Å². The summed E-state index contributed by atoms with van der Waals surface area (Å²) in [6.45, 7) is 4.37. The van der Waals surface area contributed by atoms with Crippen LogP contribution in [0.25, 0.3) is 11.1 Å². The minimum atomic E-state index is -0.465. The molecule has 1 N–H and O–H groups in total. The number of nitrogens with zero attached hydrogens (tertiary/aromatic N) is 3. The highest BCUT2D eigenvalue weighted by Crippen LogP contribution is 2.36. The monoisotopic (exact) mass is 536 g/mol. The number of carbonyl (C=O) groups excluding carboxylic acids is 2. The molecular weight excluding hydrogens is 508 g/mol. The molecule has 0 bridgehead atoms. The van der Waals surface area contributed by atoms with Gasteiger partial charge in [-0.3, -0.25) is 4.79 Å². The van der Waals surface area contributed by atoms with E-state index in [0.717, 1.165) is 23.3 Å². The van der Waals surface area contributed by atoms with E-state index in [-0.39, 0.29) is 24.9 Å². The van der Waals surface area contributed by atoms with Crippen molar-refractivity contribution in [3.05, 3.63) is 76.9 Å². The fourth-order valence-corrected chi connectivity index (χ4v) is 5.25. The summed E-state index contributed by atoms with van der Waals surface area (Å²) in [7, 11) is 1.84. The molecule has 0 atom stereocenters. The Hall–Kier alpha value is -3.63. The third-order valence-electron chi connectivity index (χ3n) is 5.57. The van der Waals surface area contributed by atoms with Gasteiger partial charge >= 0.3 is 5.97 Å². The van der Waals surface area contributed by atoms with Gasteiger partial charge < -0.3 is 19.4 Å². The van der Waals surface area contributed by atoms with Crippen molar-refractivity contribution in [1.82, 2.24) is 14.8 Å². The van der Waals surface area contributed by atoms with Crippen LogP contribution in [0.4, 0.5) is 5.00 Å². The second-order valence-corrected chi connectivity index (χ2v) is 9.84. The van der Waals surface area contributed by atoms with Crippen molar-refractivity contribution in [3.63, 3.8) is 0 Å². The summed E-state index contributed by atoms with van der Waals surface area (Å²) in [5.41, 5.74) is 3.22. The summed E-state index contributed by atoms with van der Waals surface area (Å²) < 4.78 is 12.9. The average Bonchev–Trinajstić information content (AvgIpc) is 3.50. The minimum absolute atomic E-state index is 0.103. The summed E-state index contributed by atoms with van der Waals surface area (Å²) >= 11 is 2.56. The number of thioether (sulfide) groups is 1. The van der Waals surface area contributed by atoms with E-state index in [9.17, 15) is 9.59 Å². The van der Waals surface area contributed by atoms with Gasteiger partial charge in [0.25, 0.3) is 0 Å². The first-order valence-corrected chi connectivity index (χ1v) is 13.7. The number of aromatic nitrogens is 3. The first kappa shape index (κ1) is 26.4. The van der Waals surface area contributed by atoms with Crippen LogP contribution in [0.5, 0.6) is 5.75 Å². The third kappa shape index (κ3) is 6.58. The number of benzene rings is 2. The van der Waals surface area contributed by atoms with Gasteiger partial charge in [0.2, 0.25) is 5.91 Å². The summed E-state index contributed by atoms with van der Waals surface area (Å²) in [5, 5.41) is 14.2. The van der Waals surface area contributed by atoms with Crippen LogP contribution in [-0.2, 0) is 29.6 Å². The molecule has 8 nitrogen and oxygen atoms in total. The Morgan fingerprint density at radius 2 is 1.81 bits per heavy atom. The number of esters is 1. The number of rotatable bonds is 11. The van der Waals surface area contributed by atoms with Gasteiger partial charge in [0.15, 0.2) is 11.0 Å². The smallest absolute Gasteiger partial charge is 0.341 e. The number of ether oxygens (including phenoxy) is 2. The molecule has 2 aromatic carbocycles. The van der Waals surface area contributed by atoms with E-state index in [1.54, 1.807) is 11.5 Å². The Labute approximate surface area is 224 Å². The number of anilines is 1. The lowest BCUT2D eigenvalue weighted by atomic mass is 10.0. The summed E-state index contributed by atoms with van der Waals surface area (Å²) in [4.78, 5) is 25.5. The molecule has 0 spiro atoms. The maximum Gasteiger partial charge on any atom is 0.341 e. The first-order valence-electron chi connectivity index (χ1n) is 11.9. The molecule has 4 rings (SSSR count). The zero-order valence-electron chi connectivity index (χ0n) is 20.9. The summed E-state index contributed by atoms with van der Waals surface area (Å²) in [5.74, 6) is 0.795. The largest absolute Gasteiger partial charge is 0.486 e. The van der Waals surface area contributed by atoms with Gasteiger partial charge in [0.1, 0.15) is 22.9 Å². The lowest BCUT2D eigenvalue weighted by Gasteiger charge is -2.09. The maximum absolute atomic E-state index is 12.8. The van der Waals surface area contributed by atoms with E-state index in [0.29, 0.717) is 21.5 Å². The number of amides is 1. The molecule has 0 saturated heterocycles. The lowest BCUT2D eigenvalue weighted by Crippen LogP contribution is -2.16. The molecule has 37 heavy (non-hydrogen) atoms. The van der Waals surface area contributed by atoms with Gasteiger partial charge in [-0.15, -0.1) is 21.5 Å². The number of nitrogens with one attached hydrogen (secondary N) is 1. The Kier molecular flexibility index (Phi) is 8.97. The molecule has 10 heteroatoms. The number of hydrogen-bond donors (Lipinski definition) is 1. The van der Waals surface area contributed by atoms with Gasteiger partial charge in [-0.1, -0.05) is 61.2 Å². The van der Waals surface area contributed by atoms with Crippen LogP contribution in [0.3, 0.4) is 0 Å².